The van der Waals surface area contributed by atoms with Crippen LogP contribution in [0.1, 0.15) is 32.5 Å². The van der Waals surface area contributed by atoms with E-state index in [2.05, 4.69) is 39.8 Å². The molecule has 3 heterocycles. The molecular formula is C14H24N4. The molecule has 0 radical (unpaired) electrons. The number of hydrogen-bond acceptors (Lipinski definition) is 3. The van der Waals surface area contributed by atoms with Crippen LogP contribution < -0.4 is 5.32 Å². The molecule has 3 rings (SSSR count). The van der Waals surface area contributed by atoms with Crippen LogP contribution >= 0.6 is 0 Å². The first-order valence-corrected chi connectivity index (χ1v) is 7.11. The van der Waals surface area contributed by atoms with Crippen molar-refractivity contribution in [1.29, 1.82) is 0 Å². The average Bonchev–Trinajstić information content (AvgIpc) is 2.79. The first-order valence-electron chi connectivity index (χ1n) is 7.11. The lowest BCUT2D eigenvalue weighted by atomic mass is 9.77. The fourth-order valence-electron chi connectivity index (χ4n) is 3.22. The van der Waals surface area contributed by atoms with Gasteiger partial charge in [-0.25, -0.2) is 4.98 Å². The maximum Gasteiger partial charge on any atom is 0.122 e. The van der Waals surface area contributed by atoms with Crippen LogP contribution in [0.2, 0.25) is 0 Å². The summed E-state index contributed by atoms with van der Waals surface area (Å²) in [6, 6.07) is 0.618. The van der Waals surface area contributed by atoms with E-state index in [0.29, 0.717) is 11.5 Å². The summed E-state index contributed by atoms with van der Waals surface area (Å²) in [5.74, 6) is 1.22. The molecule has 18 heavy (non-hydrogen) atoms. The highest BCUT2D eigenvalue weighted by Gasteiger charge is 2.33. The minimum Gasteiger partial charge on any atom is -0.333 e. The molecule has 4 heteroatoms. The van der Waals surface area contributed by atoms with Gasteiger partial charge in [0.1, 0.15) is 5.82 Å². The smallest absolute Gasteiger partial charge is 0.122 e. The highest BCUT2D eigenvalue weighted by molar-refractivity contribution is 4.97. The second kappa shape index (κ2) is 4.67. The predicted molar refractivity (Wildman–Crippen MR) is 72.3 cm³/mol. The van der Waals surface area contributed by atoms with Gasteiger partial charge in [-0.3, -0.25) is 4.90 Å². The van der Waals surface area contributed by atoms with Gasteiger partial charge in [-0.2, -0.15) is 0 Å². The van der Waals surface area contributed by atoms with Crippen LogP contribution in [0, 0.1) is 5.41 Å². The highest BCUT2D eigenvalue weighted by Crippen LogP contribution is 2.30. The Bertz CT molecular complexity index is 410. The Morgan fingerprint density at radius 3 is 3.17 bits per heavy atom. The summed E-state index contributed by atoms with van der Waals surface area (Å²) >= 11 is 0. The molecule has 0 amide bonds. The summed E-state index contributed by atoms with van der Waals surface area (Å²) in [4.78, 5) is 6.99. The second-order valence-electron chi connectivity index (χ2n) is 6.37. The Hall–Kier alpha value is -0.870. The molecule has 1 aromatic rings. The minimum atomic E-state index is 0.422. The van der Waals surface area contributed by atoms with Crippen molar-refractivity contribution in [3.8, 4) is 0 Å². The molecule has 0 saturated carbocycles. The third kappa shape index (κ3) is 2.31. The van der Waals surface area contributed by atoms with E-state index in [9.17, 15) is 0 Å². The Labute approximate surface area is 109 Å². The third-order valence-corrected chi connectivity index (χ3v) is 4.60. The minimum absolute atomic E-state index is 0.422. The van der Waals surface area contributed by atoms with Gasteiger partial charge in [-0.1, -0.05) is 13.8 Å². The van der Waals surface area contributed by atoms with E-state index in [4.69, 9.17) is 0 Å². The van der Waals surface area contributed by atoms with E-state index in [1.54, 1.807) is 0 Å². The van der Waals surface area contributed by atoms with Gasteiger partial charge in [-0.05, 0) is 24.8 Å². The molecule has 0 aromatic carbocycles. The van der Waals surface area contributed by atoms with Gasteiger partial charge in [0.25, 0.3) is 0 Å². The van der Waals surface area contributed by atoms with Crippen LogP contribution in [0.3, 0.4) is 0 Å². The molecule has 1 aromatic heterocycles. The Morgan fingerprint density at radius 2 is 2.33 bits per heavy atom. The van der Waals surface area contributed by atoms with Crippen LogP contribution in [0.15, 0.2) is 12.4 Å². The van der Waals surface area contributed by atoms with E-state index in [0.717, 1.165) is 26.2 Å². The Morgan fingerprint density at radius 1 is 1.44 bits per heavy atom. The number of nitrogens with one attached hydrogen (secondary N) is 1. The maximum absolute atomic E-state index is 4.44. The molecule has 1 unspecified atom stereocenters. The normalized spacial score (nSPS) is 28.0. The van der Waals surface area contributed by atoms with E-state index < -0.39 is 0 Å². The van der Waals surface area contributed by atoms with Gasteiger partial charge in [0.05, 0.1) is 6.54 Å². The molecular weight excluding hydrogens is 224 g/mol. The van der Waals surface area contributed by atoms with E-state index in [1.807, 2.05) is 6.20 Å². The fraction of sp³-hybridized carbons (Fsp3) is 0.786. The number of piperidine rings is 1. The number of rotatable bonds is 2. The monoisotopic (exact) mass is 248 g/mol. The molecule has 2 aliphatic heterocycles. The van der Waals surface area contributed by atoms with Crippen molar-refractivity contribution >= 4 is 0 Å². The zero-order valence-electron chi connectivity index (χ0n) is 11.5. The third-order valence-electron chi connectivity index (χ3n) is 4.60. The molecule has 1 saturated heterocycles. The standard InChI is InChI=1S/C14H24N4/c1-14(2)4-3-5-15-12(14)10-17-8-9-18-7-6-16-13(18)11-17/h6-7,12,15H,3-5,8-11H2,1-2H3. The lowest BCUT2D eigenvalue weighted by Gasteiger charge is -2.42. The van der Waals surface area contributed by atoms with Crippen molar-refractivity contribution in [2.45, 2.75) is 45.8 Å². The van der Waals surface area contributed by atoms with Gasteiger partial charge in [0, 0.05) is 38.1 Å². The lowest BCUT2D eigenvalue weighted by molar-refractivity contribution is 0.110. The van der Waals surface area contributed by atoms with Crippen LogP contribution in [-0.2, 0) is 13.1 Å². The largest absolute Gasteiger partial charge is 0.333 e. The molecule has 1 N–H and O–H groups in total. The summed E-state index contributed by atoms with van der Waals surface area (Å²) in [5, 5.41) is 3.71. The van der Waals surface area contributed by atoms with Crippen molar-refractivity contribution in [2.75, 3.05) is 19.6 Å². The number of fused-ring (bicyclic) bond motifs is 1. The van der Waals surface area contributed by atoms with Gasteiger partial charge in [0.15, 0.2) is 0 Å². The summed E-state index contributed by atoms with van der Waals surface area (Å²) in [6.45, 7) is 10.4. The Kier molecular flexibility index (Phi) is 3.16. The molecule has 1 fully saturated rings. The van der Waals surface area contributed by atoms with Crippen molar-refractivity contribution < 1.29 is 0 Å². The summed E-state index contributed by atoms with van der Waals surface area (Å²) < 4.78 is 2.27. The van der Waals surface area contributed by atoms with Gasteiger partial charge in [-0.15, -0.1) is 0 Å². The summed E-state index contributed by atoms with van der Waals surface area (Å²) in [5.41, 5.74) is 0.422. The summed E-state index contributed by atoms with van der Waals surface area (Å²) in [7, 11) is 0. The summed E-state index contributed by atoms with van der Waals surface area (Å²) in [6.07, 6.45) is 6.66. The van der Waals surface area contributed by atoms with Crippen LogP contribution in [0.4, 0.5) is 0 Å². The van der Waals surface area contributed by atoms with Gasteiger partial charge >= 0.3 is 0 Å². The molecule has 1 atom stereocenters. The zero-order chi connectivity index (χ0) is 12.6. The predicted octanol–water partition coefficient (Wildman–Crippen LogP) is 1.48. The quantitative estimate of drug-likeness (QED) is 0.860. The first-order chi connectivity index (χ1) is 8.65. The second-order valence-corrected chi connectivity index (χ2v) is 6.37. The molecule has 4 nitrogen and oxygen atoms in total. The molecule has 100 valence electrons. The fourth-order valence-corrected chi connectivity index (χ4v) is 3.22. The van der Waals surface area contributed by atoms with E-state index >= 15 is 0 Å². The van der Waals surface area contributed by atoms with Crippen LogP contribution in [0.5, 0.6) is 0 Å². The van der Waals surface area contributed by atoms with E-state index in [-0.39, 0.29) is 0 Å². The number of hydrogen-bond donors (Lipinski definition) is 1. The molecule has 0 spiro atoms. The first kappa shape index (κ1) is 12.2. The van der Waals surface area contributed by atoms with Crippen LogP contribution in [0.25, 0.3) is 0 Å². The average molecular weight is 248 g/mol. The van der Waals surface area contributed by atoms with Crippen molar-refractivity contribution in [2.24, 2.45) is 5.41 Å². The molecule has 2 aliphatic rings. The van der Waals surface area contributed by atoms with Crippen molar-refractivity contribution in [3.63, 3.8) is 0 Å². The Balaban J connectivity index is 1.64. The zero-order valence-corrected chi connectivity index (χ0v) is 11.5. The number of nitrogens with zero attached hydrogens (tertiary/aromatic N) is 3. The topological polar surface area (TPSA) is 33.1 Å². The molecule has 0 bridgehead atoms. The van der Waals surface area contributed by atoms with Crippen LogP contribution in [-0.4, -0.2) is 40.1 Å². The van der Waals surface area contributed by atoms with Gasteiger partial charge in [0.2, 0.25) is 0 Å². The van der Waals surface area contributed by atoms with Crippen molar-refractivity contribution in [3.05, 3.63) is 18.2 Å². The van der Waals surface area contributed by atoms with Gasteiger partial charge < -0.3 is 9.88 Å². The number of imidazole rings is 1. The number of aromatic nitrogens is 2. The molecule has 0 aliphatic carbocycles. The SMILES string of the molecule is CC1(C)CCCNC1CN1CCn2ccnc2C1. The lowest BCUT2D eigenvalue weighted by Crippen LogP contribution is -2.53. The van der Waals surface area contributed by atoms with E-state index in [1.165, 1.54) is 25.2 Å². The van der Waals surface area contributed by atoms with Crippen molar-refractivity contribution in [1.82, 2.24) is 19.8 Å². The highest BCUT2D eigenvalue weighted by atomic mass is 15.2. The maximum atomic E-state index is 4.44.